The maximum atomic E-state index is 12.5. The zero-order valence-electron chi connectivity index (χ0n) is 13.3. The van der Waals surface area contributed by atoms with Crippen LogP contribution < -0.4 is 10.1 Å². The number of carbonyl (C=O) groups excluding carboxylic acids is 1. The molecule has 4 heteroatoms. The van der Waals surface area contributed by atoms with Gasteiger partial charge < -0.3 is 15.0 Å². The number of amides is 1. The Morgan fingerprint density at radius 3 is 2.91 bits per heavy atom. The number of carbonyl (C=O) groups is 1. The van der Waals surface area contributed by atoms with Crippen LogP contribution in [0.4, 0.5) is 5.69 Å². The van der Waals surface area contributed by atoms with Gasteiger partial charge >= 0.3 is 0 Å². The van der Waals surface area contributed by atoms with Gasteiger partial charge in [-0.3, -0.25) is 4.79 Å². The molecule has 0 unspecified atom stereocenters. The molecule has 0 bridgehead atoms. The third-order valence-corrected chi connectivity index (χ3v) is 4.62. The lowest BCUT2D eigenvalue weighted by molar-refractivity contribution is 0.102. The number of anilines is 1. The number of hydrogen-bond donors (Lipinski definition) is 1. The predicted octanol–water partition coefficient (Wildman–Crippen LogP) is 2.86. The Labute approximate surface area is 136 Å². The van der Waals surface area contributed by atoms with Gasteiger partial charge in [-0.15, -0.1) is 0 Å². The van der Waals surface area contributed by atoms with Crippen LogP contribution in [-0.2, 0) is 19.4 Å². The highest BCUT2D eigenvalue weighted by Gasteiger charge is 2.17. The number of fused-ring (bicyclic) bond motifs is 2. The molecule has 2 aliphatic rings. The van der Waals surface area contributed by atoms with Crippen LogP contribution in [0, 0.1) is 0 Å². The molecular formula is C19H20N2O2. The summed E-state index contributed by atoms with van der Waals surface area (Å²) < 4.78 is 5.49. The smallest absolute Gasteiger partial charge is 0.255 e. The Balaban J connectivity index is 1.54. The van der Waals surface area contributed by atoms with E-state index in [9.17, 15) is 4.79 Å². The van der Waals surface area contributed by atoms with Crippen molar-refractivity contribution in [2.24, 2.45) is 0 Å². The zero-order valence-corrected chi connectivity index (χ0v) is 13.3. The van der Waals surface area contributed by atoms with Crippen molar-refractivity contribution in [3.63, 3.8) is 0 Å². The molecule has 2 aromatic rings. The standard InChI is InChI=1S/C19H20N2O2/c1-21-8-6-13-2-4-17(11-16(13)12-21)20-19(22)15-3-5-18-14(10-15)7-9-23-18/h2-5,10-11H,6-9,12H2,1H3,(H,20,22). The molecule has 0 saturated carbocycles. The van der Waals surface area contributed by atoms with Crippen LogP contribution in [0.25, 0.3) is 0 Å². The highest BCUT2D eigenvalue weighted by Crippen LogP contribution is 2.27. The lowest BCUT2D eigenvalue weighted by Crippen LogP contribution is -2.26. The van der Waals surface area contributed by atoms with Gasteiger partial charge in [-0.2, -0.15) is 0 Å². The van der Waals surface area contributed by atoms with E-state index in [1.165, 1.54) is 11.1 Å². The molecule has 1 amide bonds. The summed E-state index contributed by atoms with van der Waals surface area (Å²) in [5.74, 6) is 0.835. The first-order valence-electron chi connectivity index (χ1n) is 8.06. The second kappa shape index (κ2) is 5.70. The predicted molar refractivity (Wildman–Crippen MR) is 90.1 cm³/mol. The molecule has 2 aliphatic heterocycles. The van der Waals surface area contributed by atoms with Gasteiger partial charge in [-0.05, 0) is 60.5 Å². The van der Waals surface area contributed by atoms with Crippen LogP contribution in [0.15, 0.2) is 36.4 Å². The van der Waals surface area contributed by atoms with Crippen molar-refractivity contribution in [2.45, 2.75) is 19.4 Å². The van der Waals surface area contributed by atoms with E-state index >= 15 is 0 Å². The van der Waals surface area contributed by atoms with E-state index in [1.807, 2.05) is 24.3 Å². The summed E-state index contributed by atoms with van der Waals surface area (Å²) in [7, 11) is 2.13. The number of nitrogens with one attached hydrogen (secondary N) is 1. The van der Waals surface area contributed by atoms with Crippen LogP contribution in [-0.4, -0.2) is 31.0 Å². The van der Waals surface area contributed by atoms with Gasteiger partial charge in [0, 0.05) is 30.8 Å². The molecule has 2 aromatic carbocycles. The minimum absolute atomic E-state index is 0.0659. The molecular weight excluding hydrogens is 288 g/mol. The summed E-state index contributed by atoms with van der Waals surface area (Å²) in [5, 5.41) is 3.02. The first-order chi connectivity index (χ1) is 11.2. The molecule has 4 rings (SSSR count). The number of nitrogens with zero attached hydrogens (tertiary/aromatic N) is 1. The SMILES string of the molecule is CN1CCc2ccc(NC(=O)c3ccc4c(c3)CCO4)cc2C1. The third kappa shape index (κ3) is 2.82. The van der Waals surface area contributed by atoms with Crippen molar-refractivity contribution in [3.05, 3.63) is 58.7 Å². The van der Waals surface area contributed by atoms with Gasteiger partial charge in [0.2, 0.25) is 0 Å². The fourth-order valence-electron chi connectivity index (χ4n) is 3.31. The first-order valence-corrected chi connectivity index (χ1v) is 8.06. The van der Waals surface area contributed by atoms with E-state index in [-0.39, 0.29) is 5.91 Å². The Hall–Kier alpha value is -2.33. The van der Waals surface area contributed by atoms with E-state index in [2.05, 4.69) is 29.4 Å². The third-order valence-electron chi connectivity index (χ3n) is 4.62. The molecule has 0 atom stereocenters. The van der Waals surface area contributed by atoms with Crippen LogP contribution >= 0.6 is 0 Å². The Bertz CT molecular complexity index is 770. The molecule has 0 fully saturated rings. The normalized spacial score (nSPS) is 16.4. The number of likely N-dealkylation sites (N-methyl/N-ethyl adjacent to an activating group) is 1. The van der Waals surface area contributed by atoms with E-state index in [0.717, 1.165) is 42.9 Å². The Kier molecular flexibility index (Phi) is 3.54. The van der Waals surface area contributed by atoms with Gasteiger partial charge in [0.25, 0.3) is 5.91 Å². The van der Waals surface area contributed by atoms with Gasteiger partial charge in [-0.25, -0.2) is 0 Å². The monoisotopic (exact) mass is 308 g/mol. The zero-order chi connectivity index (χ0) is 15.8. The van der Waals surface area contributed by atoms with Gasteiger partial charge in [0.05, 0.1) is 6.61 Å². The van der Waals surface area contributed by atoms with E-state index < -0.39 is 0 Å². The molecule has 2 heterocycles. The number of ether oxygens (including phenoxy) is 1. The Morgan fingerprint density at radius 1 is 1.09 bits per heavy atom. The molecule has 0 radical (unpaired) electrons. The molecule has 1 N–H and O–H groups in total. The van der Waals surface area contributed by atoms with Crippen molar-refractivity contribution in [2.75, 3.05) is 25.5 Å². The highest BCUT2D eigenvalue weighted by atomic mass is 16.5. The molecule has 0 aromatic heterocycles. The van der Waals surface area contributed by atoms with Crippen molar-refractivity contribution < 1.29 is 9.53 Å². The summed E-state index contributed by atoms with van der Waals surface area (Å²) in [6, 6.07) is 11.9. The second-order valence-corrected chi connectivity index (χ2v) is 6.35. The number of hydrogen-bond acceptors (Lipinski definition) is 3. The largest absolute Gasteiger partial charge is 0.493 e. The fraction of sp³-hybridized carbons (Fsp3) is 0.316. The van der Waals surface area contributed by atoms with Crippen LogP contribution in [0.1, 0.15) is 27.0 Å². The molecule has 0 aliphatic carbocycles. The summed E-state index contributed by atoms with van der Waals surface area (Å²) in [4.78, 5) is 14.8. The summed E-state index contributed by atoms with van der Waals surface area (Å²) in [6.45, 7) is 2.74. The van der Waals surface area contributed by atoms with Gasteiger partial charge in [0.1, 0.15) is 5.75 Å². The van der Waals surface area contributed by atoms with E-state index in [4.69, 9.17) is 4.74 Å². The minimum atomic E-state index is -0.0659. The molecule has 0 spiro atoms. The van der Waals surface area contributed by atoms with E-state index in [1.54, 1.807) is 0 Å². The summed E-state index contributed by atoms with van der Waals surface area (Å²) >= 11 is 0. The van der Waals surface area contributed by atoms with Crippen molar-refractivity contribution in [1.82, 2.24) is 4.90 Å². The minimum Gasteiger partial charge on any atom is -0.493 e. The first kappa shape index (κ1) is 14.3. The maximum absolute atomic E-state index is 12.5. The number of rotatable bonds is 2. The van der Waals surface area contributed by atoms with Crippen molar-refractivity contribution in [1.29, 1.82) is 0 Å². The van der Waals surface area contributed by atoms with Crippen molar-refractivity contribution in [3.8, 4) is 5.75 Å². The lowest BCUT2D eigenvalue weighted by Gasteiger charge is -2.25. The van der Waals surface area contributed by atoms with E-state index in [0.29, 0.717) is 12.2 Å². The molecule has 23 heavy (non-hydrogen) atoms. The van der Waals surface area contributed by atoms with Gasteiger partial charge in [-0.1, -0.05) is 6.07 Å². The quantitative estimate of drug-likeness (QED) is 0.927. The highest BCUT2D eigenvalue weighted by molar-refractivity contribution is 6.04. The maximum Gasteiger partial charge on any atom is 0.255 e. The number of benzene rings is 2. The molecule has 118 valence electrons. The summed E-state index contributed by atoms with van der Waals surface area (Å²) in [5.41, 5.74) is 5.35. The average Bonchev–Trinajstić information content (AvgIpc) is 3.02. The molecule has 4 nitrogen and oxygen atoms in total. The van der Waals surface area contributed by atoms with Gasteiger partial charge in [0.15, 0.2) is 0 Å². The van der Waals surface area contributed by atoms with Crippen molar-refractivity contribution >= 4 is 11.6 Å². The molecule has 0 saturated heterocycles. The topological polar surface area (TPSA) is 41.6 Å². The summed E-state index contributed by atoms with van der Waals surface area (Å²) in [6.07, 6.45) is 1.95. The van der Waals surface area contributed by atoms with Crippen LogP contribution in [0.5, 0.6) is 5.75 Å². The van der Waals surface area contributed by atoms with Crippen LogP contribution in [0.2, 0.25) is 0 Å². The lowest BCUT2D eigenvalue weighted by atomic mass is 9.99. The second-order valence-electron chi connectivity index (χ2n) is 6.35. The Morgan fingerprint density at radius 2 is 2.00 bits per heavy atom. The average molecular weight is 308 g/mol. The fourth-order valence-corrected chi connectivity index (χ4v) is 3.31. The van der Waals surface area contributed by atoms with Crippen LogP contribution in [0.3, 0.4) is 0 Å².